The minimum absolute atomic E-state index is 0.138. The van der Waals surface area contributed by atoms with E-state index < -0.39 is 9.84 Å². The van der Waals surface area contributed by atoms with E-state index in [1.54, 1.807) is 11.3 Å². The van der Waals surface area contributed by atoms with Crippen LogP contribution in [0.4, 0.5) is 0 Å². The fourth-order valence-corrected chi connectivity index (χ4v) is 5.04. The second-order valence-corrected chi connectivity index (χ2v) is 9.40. The number of sulfone groups is 1. The van der Waals surface area contributed by atoms with E-state index in [0.717, 1.165) is 36.8 Å². The van der Waals surface area contributed by atoms with Gasteiger partial charge in [-0.3, -0.25) is 4.90 Å². The maximum Gasteiger partial charge on any atom is 0.151 e. The summed E-state index contributed by atoms with van der Waals surface area (Å²) in [6.07, 6.45) is 0.742. The molecule has 1 fully saturated rings. The molecule has 0 spiro atoms. The molecule has 0 bridgehead atoms. The summed E-state index contributed by atoms with van der Waals surface area (Å²) in [5.41, 5.74) is 1.04. The molecule has 2 heterocycles. The molecule has 1 aliphatic heterocycles. The van der Waals surface area contributed by atoms with Crippen LogP contribution in [0.5, 0.6) is 0 Å². The van der Waals surface area contributed by atoms with Gasteiger partial charge >= 0.3 is 0 Å². The molecular weight excluding hydrogens is 306 g/mol. The molecule has 1 N–H and O–H groups in total. The van der Waals surface area contributed by atoms with Gasteiger partial charge in [-0.05, 0) is 25.9 Å². The molecule has 0 radical (unpaired) electrons. The quantitative estimate of drug-likeness (QED) is 0.820. The Morgan fingerprint density at radius 3 is 2.90 bits per heavy atom. The number of rotatable bonds is 7. The Balaban J connectivity index is 1.82. The molecule has 1 atom stereocenters. The van der Waals surface area contributed by atoms with Crippen molar-refractivity contribution in [1.82, 2.24) is 15.2 Å². The predicted octanol–water partition coefficient (Wildman–Crippen LogP) is 1.51. The van der Waals surface area contributed by atoms with Crippen molar-refractivity contribution in [3.05, 3.63) is 16.1 Å². The number of hydrogen-bond donors (Lipinski definition) is 1. The fourth-order valence-electron chi connectivity index (χ4n) is 2.48. The third-order valence-electron chi connectivity index (χ3n) is 3.67. The van der Waals surface area contributed by atoms with Gasteiger partial charge in [0.2, 0.25) is 0 Å². The molecule has 120 valence electrons. The van der Waals surface area contributed by atoms with Crippen LogP contribution in [-0.4, -0.2) is 49.4 Å². The lowest BCUT2D eigenvalue weighted by atomic mass is 10.2. The Morgan fingerprint density at radius 1 is 1.52 bits per heavy atom. The van der Waals surface area contributed by atoms with Crippen LogP contribution in [0.3, 0.4) is 0 Å². The van der Waals surface area contributed by atoms with Gasteiger partial charge < -0.3 is 5.32 Å². The van der Waals surface area contributed by atoms with Crippen LogP contribution in [0.2, 0.25) is 0 Å². The van der Waals surface area contributed by atoms with Crippen molar-refractivity contribution < 1.29 is 8.42 Å². The lowest BCUT2D eigenvalue weighted by Crippen LogP contribution is -2.32. The Hall–Kier alpha value is -0.500. The lowest BCUT2D eigenvalue weighted by molar-refractivity contribution is 0.251. The highest BCUT2D eigenvalue weighted by molar-refractivity contribution is 7.91. The standard InChI is InChI=1S/C14H25N3O2S2/c1-11(2)6-15-7-14-16-12(9-20-14)8-17(3)13-4-5-21(18,19)10-13/h9,11,13,15H,4-8,10H2,1-3H3. The van der Waals surface area contributed by atoms with E-state index in [1.807, 2.05) is 7.05 Å². The summed E-state index contributed by atoms with van der Waals surface area (Å²) < 4.78 is 23.1. The Kier molecular flexibility index (Phi) is 5.76. The van der Waals surface area contributed by atoms with E-state index >= 15 is 0 Å². The average molecular weight is 332 g/mol. The van der Waals surface area contributed by atoms with Crippen LogP contribution in [0.25, 0.3) is 0 Å². The van der Waals surface area contributed by atoms with Gasteiger partial charge in [-0.15, -0.1) is 11.3 Å². The minimum atomic E-state index is -2.82. The maximum absolute atomic E-state index is 11.5. The van der Waals surface area contributed by atoms with E-state index in [0.29, 0.717) is 11.7 Å². The van der Waals surface area contributed by atoms with Crippen molar-refractivity contribution in [2.75, 3.05) is 25.1 Å². The third kappa shape index (κ3) is 5.32. The molecular formula is C14H25N3O2S2. The highest BCUT2D eigenvalue weighted by atomic mass is 32.2. The third-order valence-corrected chi connectivity index (χ3v) is 6.32. The van der Waals surface area contributed by atoms with Crippen molar-refractivity contribution in [3.63, 3.8) is 0 Å². The van der Waals surface area contributed by atoms with Gasteiger partial charge in [0, 0.05) is 24.5 Å². The van der Waals surface area contributed by atoms with E-state index in [-0.39, 0.29) is 11.8 Å². The van der Waals surface area contributed by atoms with Crippen LogP contribution in [-0.2, 0) is 22.9 Å². The number of hydrogen-bond acceptors (Lipinski definition) is 6. The van der Waals surface area contributed by atoms with E-state index in [2.05, 4.69) is 34.4 Å². The number of nitrogens with zero attached hydrogens (tertiary/aromatic N) is 2. The molecule has 0 amide bonds. The number of nitrogens with one attached hydrogen (secondary N) is 1. The van der Waals surface area contributed by atoms with Crippen LogP contribution in [0, 0.1) is 5.92 Å². The summed E-state index contributed by atoms with van der Waals surface area (Å²) in [5.74, 6) is 1.25. The summed E-state index contributed by atoms with van der Waals surface area (Å²) in [6.45, 7) is 6.90. The van der Waals surface area contributed by atoms with Crippen LogP contribution < -0.4 is 5.32 Å². The smallest absolute Gasteiger partial charge is 0.151 e. The number of aromatic nitrogens is 1. The zero-order chi connectivity index (χ0) is 15.5. The van der Waals surface area contributed by atoms with E-state index in [1.165, 1.54) is 0 Å². The van der Waals surface area contributed by atoms with Crippen LogP contribution in [0.15, 0.2) is 5.38 Å². The average Bonchev–Trinajstić information content (AvgIpc) is 2.95. The first-order chi connectivity index (χ1) is 9.85. The molecule has 1 saturated heterocycles. The summed E-state index contributed by atoms with van der Waals surface area (Å²) in [6, 6.07) is 0.138. The number of thiazole rings is 1. The van der Waals surface area contributed by atoms with Gasteiger partial charge in [-0.25, -0.2) is 13.4 Å². The monoisotopic (exact) mass is 331 g/mol. The van der Waals surface area contributed by atoms with Gasteiger partial charge in [0.05, 0.1) is 17.2 Å². The molecule has 5 nitrogen and oxygen atoms in total. The Bertz CT molecular complexity index is 554. The lowest BCUT2D eigenvalue weighted by Gasteiger charge is -2.21. The maximum atomic E-state index is 11.5. The SMILES string of the molecule is CC(C)CNCc1nc(CN(C)C2CCS(=O)(=O)C2)cs1. The zero-order valence-corrected chi connectivity index (χ0v) is 14.6. The summed E-state index contributed by atoms with van der Waals surface area (Å²) in [5, 5.41) is 6.56. The predicted molar refractivity (Wildman–Crippen MR) is 87.2 cm³/mol. The molecule has 0 aliphatic carbocycles. The topological polar surface area (TPSA) is 62.3 Å². The van der Waals surface area contributed by atoms with Crippen molar-refractivity contribution in [1.29, 1.82) is 0 Å². The molecule has 1 aliphatic rings. The second-order valence-electron chi connectivity index (χ2n) is 6.23. The van der Waals surface area contributed by atoms with Gasteiger partial charge in [-0.1, -0.05) is 13.8 Å². The highest BCUT2D eigenvalue weighted by Gasteiger charge is 2.30. The summed E-state index contributed by atoms with van der Waals surface area (Å²) in [7, 11) is -0.830. The first kappa shape index (κ1) is 16.9. The Morgan fingerprint density at radius 2 is 2.29 bits per heavy atom. The van der Waals surface area contributed by atoms with Crippen LogP contribution in [0.1, 0.15) is 31.0 Å². The zero-order valence-electron chi connectivity index (χ0n) is 13.0. The fraction of sp³-hybridized carbons (Fsp3) is 0.786. The van der Waals surface area contributed by atoms with Gasteiger partial charge in [0.15, 0.2) is 9.84 Å². The normalized spacial score (nSPS) is 21.5. The first-order valence-corrected chi connectivity index (χ1v) is 10.1. The van der Waals surface area contributed by atoms with Gasteiger partial charge in [0.1, 0.15) is 5.01 Å². The minimum Gasteiger partial charge on any atom is -0.310 e. The summed E-state index contributed by atoms with van der Waals surface area (Å²) >= 11 is 1.67. The molecule has 1 aromatic heterocycles. The highest BCUT2D eigenvalue weighted by Crippen LogP contribution is 2.19. The molecule has 7 heteroatoms. The Labute approximate surface area is 131 Å². The second kappa shape index (κ2) is 7.17. The van der Waals surface area contributed by atoms with Gasteiger partial charge in [0.25, 0.3) is 0 Å². The van der Waals surface area contributed by atoms with Crippen molar-refractivity contribution in [2.45, 2.75) is 39.4 Å². The van der Waals surface area contributed by atoms with E-state index in [9.17, 15) is 8.42 Å². The molecule has 2 rings (SSSR count). The first-order valence-electron chi connectivity index (χ1n) is 7.40. The van der Waals surface area contributed by atoms with Crippen LogP contribution >= 0.6 is 11.3 Å². The van der Waals surface area contributed by atoms with Crippen molar-refractivity contribution in [2.24, 2.45) is 5.92 Å². The molecule has 0 saturated carbocycles. The molecule has 21 heavy (non-hydrogen) atoms. The van der Waals surface area contributed by atoms with E-state index in [4.69, 9.17) is 0 Å². The largest absolute Gasteiger partial charge is 0.310 e. The van der Waals surface area contributed by atoms with Gasteiger partial charge in [-0.2, -0.15) is 0 Å². The summed E-state index contributed by atoms with van der Waals surface area (Å²) in [4.78, 5) is 6.74. The van der Waals surface area contributed by atoms with Crippen molar-refractivity contribution >= 4 is 21.2 Å². The molecule has 0 aromatic carbocycles. The van der Waals surface area contributed by atoms with Crippen molar-refractivity contribution in [3.8, 4) is 0 Å². The molecule has 1 unspecified atom stereocenters. The molecule has 1 aromatic rings.